The largest absolute Gasteiger partial charge is 0.496 e. The molecule has 3 aliphatic heterocycles. The van der Waals surface area contributed by atoms with E-state index in [2.05, 4.69) is 31.5 Å². The van der Waals surface area contributed by atoms with Gasteiger partial charge < -0.3 is 19.5 Å². The molecule has 0 radical (unpaired) electrons. The van der Waals surface area contributed by atoms with Crippen LogP contribution in [-0.2, 0) is 23.2 Å². The molecule has 274 valence electrons. The number of methoxy groups -OCH3 is 1. The monoisotopic (exact) mass is 728 g/mol. The van der Waals surface area contributed by atoms with Crippen LogP contribution >= 0.6 is 11.6 Å². The number of imide groups is 1. The van der Waals surface area contributed by atoms with Crippen molar-refractivity contribution in [3.63, 3.8) is 0 Å². The molecule has 1 atom stereocenters. The SMILES string of the molecule is COc1cc(-c2cn(C)c(=O)c3cnccc23)cc(F)c1CN1CCC(CCN2CCC(c3ccc(NC4CCC(=O)NC4=O)cc3Cl)CC2)CC1. The number of nitrogens with one attached hydrogen (secondary N) is 2. The molecule has 52 heavy (non-hydrogen) atoms. The van der Waals surface area contributed by atoms with Crippen molar-refractivity contribution in [1.82, 2.24) is 24.7 Å². The summed E-state index contributed by atoms with van der Waals surface area (Å²) < 4.78 is 23.0. The van der Waals surface area contributed by atoms with E-state index in [1.165, 1.54) is 4.57 Å². The summed E-state index contributed by atoms with van der Waals surface area (Å²) in [5.41, 5.74) is 3.78. The van der Waals surface area contributed by atoms with Gasteiger partial charge in [0.05, 0.1) is 12.5 Å². The summed E-state index contributed by atoms with van der Waals surface area (Å²) in [7, 11) is 3.27. The summed E-state index contributed by atoms with van der Waals surface area (Å²) in [6.07, 6.45) is 11.2. The number of ether oxygens (including phenoxy) is 1. The van der Waals surface area contributed by atoms with Crippen LogP contribution < -0.4 is 20.9 Å². The van der Waals surface area contributed by atoms with E-state index in [1.54, 1.807) is 44.9 Å². The zero-order valence-electron chi connectivity index (χ0n) is 29.8. The molecule has 1 unspecified atom stereocenters. The zero-order valence-corrected chi connectivity index (χ0v) is 30.6. The van der Waals surface area contributed by atoms with Crippen molar-refractivity contribution in [2.45, 2.75) is 63.5 Å². The first-order chi connectivity index (χ1) is 25.2. The van der Waals surface area contributed by atoms with Crippen molar-refractivity contribution in [1.29, 1.82) is 0 Å². The Kier molecular flexibility index (Phi) is 10.9. The zero-order chi connectivity index (χ0) is 36.4. The van der Waals surface area contributed by atoms with Crippen LogP contribution in [0.15, 0.2) is 59.8 Å². The lowest BCUT2D eigenvalue weighted by molar-refractivity contribution is -0.133. The van der Waals surface area contributed by atoms with Gasteiger partial charge in [0.2, 0.25) is 11.8 Å². The van der Waals surface area contributed by atoms with Gasteiger partial charge in [0, 0.05) is 60.4 Å². The van der Waals surface area contributed by atoms with Crippen molar-refractivity contribution < 1.29 is 18.7 Å². The Morgan fingerprint density at radius 2 is 1.75 bits per heavy atom. The van der Waals surface area contributed by atoms with Crippen LogP contribution in [0, 0.1) is 11.7 Å². The summed E-state index contributed by atoms with van der Waals surface area (Å²) in [5.74, 6) is 0.737. The number of rotatable bonds is 10. The smallest absolute Gasteiger partial charge is 0.259 e. The molecule has 2 aromatic carbocycles. The van der Waals surface area contributed by atoms with Crippen LogP contribution in [0.2, 0.25) is 5.02 Å². The van der Waals surface area contributed by atoms with Crippen molar-refractivity contribution >= 4 is 39.9 Å². The molecule has 12 heteroatoms. The Morgan fingerprint density at radius 3 is 2.48 bits per heavy atom. The minimum Gasteiger partial charge on any atom is -0.496 e. The average Bonchev–Trinajstić information content (AvgIpc) is 3.15. The number of carbonyl (C=O) groups is 2. The molecule has 5 heterocycles. The maximum Gasteiger partial charge on any atom is 0.259 e. The number of amides is 2. The van der Waals surface area contributed by atoms with Gasteiger partial charge in [0.1, 0.15) is 17.6 Å². The molecule has 0 saturated carbocycles. The van der Waals surface area contributed by atoms with E-state index >= 15 is 4.39 Å². The van der Waals surface area contributed by atoms with Crippen molar-refractivity contribution in [3.8, 4) is 16.9 Å². The second-order valence-corrected chi connectivity index (χ2v) is 14.9. The molecule has 3 fully saturated rings. The number of piperidine rings is 3. The van der Waals surface area contributed by atoms with Crippen LogP contribution in [0.4, 0.5) is 10.1 Å². The Bertz CT molecular complexity index is 2020. The molecular formula is C40H46ClFN6O4. The number of hydrogen-bond acceptors (Lipinski definition) is 8. The minimum atomic E-state index is -0.431. The molecule has 10 nitrogen and oxygen atoms in total. The number of anilines is 1. The van der Waals surface area contributed by atoms with E-state index in [0.29, 0.717) is 58.5 Å². The van der Waals surface area contributed by atoms with Crippen LogP contribution in [0.25, 0.3) is 21.9 Å². The lowest BCUT2D eigenvalue weighted by Crippen LogP contribution is -2.47. The number of carbonyl (C=O) groups excluding carboxylic acids is 2. The van der Waals surface area contributed by atoms with E-state index in [1.807, 2.05) is 18.2 Å². The highest BCUT2D eigenvalue weighted by molar-refractivity contribution is 6.31. The molecule has 7 rings (SSSR count). The number of nitrogens with zero attached hydrogens (tertiary/aromatic N) is 4. The Labute approximate surface area is 308 Å². The highest BCUT2D eigenvalue weighted by atomic mass is 35.5. The van der Waals surface area contributed by atoms with Gasteiger partial charge in [0.15, 0.2) is 0 Å². The fraction of sp³-hybridized carbons (Fsp3) is 0.450. The number of fused-ring (bicyclic) bond motifs is 1. The first-order valence-corrected chi connectivity index (χ1v) is 18.7. The van der Waals surface area contributed by atoms with Gasteiger partial charge in [-0.25, -0.2) is 4.39 Å². The van der Waals surface area contributed by atoms with Gasteiger partial charge in [-0.1, -0.05) is 17.7 Å². The van der Waals surface area contributed by atoms with Gasteiger partial charge >= 0.3 is 0 Å². The first-order valence-electron chi connectivity index (χ1n) is 18.3. The lowest BCUT2D eigenvalue weighted by Gasteiger charge is -2.36. The molecule has 0 spiro atoms. The molecule has 2 N–H and O–H groups in total. The topological polar surface area (TPSA) is 109 Å². The number of aromatic nitrogens is 2. The highest BCUT2D eigenvalue weighted by Gasteiger charge is 2.28. The van der Waals surface area contributed by atoms with E-state index in [4.69, 9.17) is 16.3 Å². The minimum absolute atomic E-state index is 0.142. The molecule has 0 aliphatic carbocycles. The first kappa shape index (κ1) is 36.1. The normalized spacial score (nSPS) is 19.6. The van der Waals surface area contributed by atoms with Crippen molar-refractivity contribution in [3.05, 3.63) is 87.3 Å². The van der Waals surface area contributed by atoms with E-state index in [-0.39, 0.29) is 23.2 Å². The summed E-state index contributed by atoms with van der Waals surface area (Å²) in [6.45, 7) is 5.49. The lowest BCUT2D eigenvalue weighted by atomic mass is 9.88. The Balaban J connectivity index is 0.883. The molecule has 2 aromatic heterocycles. The van der Waals surface area contributed by atoms with Crippen LogP contribution in [0.3, 0.4) is 0 Å². The summed E-state index contributed by atoms with van der Waals surface area (Å²) in [4.78, 5) is 45.3. The van der Waals surface area contributed by atoms with Crippen molar-refractivity contribution in [2.75, 3.05) is 45.2 Å². The quantitative estimate of drug-likeness (QED) is 0.189. The van der Waals surface area contributed by atoms with Gasteiger partial charge in [-0.05, 0) is 130 Å². The molecular weight excluding hydrogens is 683 g/mol. The highest BCUT2D eigenvalue weighted by Crippen LogP contribution is 2.36. The van der Waals surface area contributed by atoms with E-state index < -0.39 is 6.04 Å². The third-order valence-electron chi connectivity index (χ3n) is 11.2. The molecule has 3 saturated heterocycles. The van der Waals surface area contributed by atoms with E-state index in [9.17, 15) is 14.4 Å². The predicted molar refractivity (Wildman–Crippen MR) is 201 cm³/mol. The maximum absolute atomic E-state index is 15.8. The van der Waals surface area contributed by atoms with Crippen LogP contribution in [-0.4, -0.2) is 77.0 Å². The van der Waals surface area contributed by atoms with Crippen molar-refractivity contribution in [2.24, 2.45) is 13.0 Å². The van der Waals surface area contributed by atoms with Crippen LogP contribution in [0.1, 0.15) is 62.0 Å². The number of pyridine rings is 2. The van der Waals surface area contributed by atoms with Gasteiger partial charge in [0.25, 0.3) is 5.56 Å². The number of likely N-dealkylation sites (tertiary alicyclic amines) is 2. The number of aryl methyl sites for hydroxylation is 1. The summed E-state index contributed by atoms with van der Waals surface area (Å²) in [5, 5.41) is 7.55. The third-order valence-corrected chi connectivity index (χ3v) is 11.5. The number of benzene rings is 2. The van der Waals surface area contributed by atoms with Crippen LogP contribution in [0.5, 0.6) is 5.75 Å². The van der Waals surface area contributed by atoms with Gasteiger partial charge in [-0.3, -0.25) is 29.6 Å². The Hall–Kier alpha value is -4.32. The second-order valence-electron chi connectivity index (χ2n) is 14.5. The molecule has 2 amide bonds. The van der Waals surface area contributed by atoms with Gasteiger partial charge in [-0.2, -0.15) is 0 Å². The molecule has 3 aliphatic rings. The predicted octanol–water partition coefficient (Wildman–Crippen LogP) is 6.10. The fourth-order valence-corrected chi connectivity index (χ4v) is 8.45. The fourth-order valence-electron chi connectivity index (χ4n) is 8.11. The second kappa shape index (κ2) is 15.7. The summed E-state index contributed by atoms with van der Waals surface area (Å²) >= 11 is 6.74. The third kappa shape index (κ3) is 7.86. The molecule has 4 aromatic rings. The maximum atomic E-state index is 15.8. The number of halogens is 2. The average molecular weight is 729 g/mol. The van der Waals surface area contributed by atoms with E-state index in [0.717, 1.165) is 87.0 Å². The molecule has 0 bridgehead atoms. The summed E-state index contributed by atoms with van der Waals surface area (Å²) in [6, 6.07) is 10.7. The number of hydrogen-bond donors (Lipinski definition) is 2. The standard InChI is InChI=1S/C40H46ClFN6O4/c1-46-23-32(30-7-13-43-22-31(30)40(46)51)27-19-35(42)33(37(20-27)52-2)24-48-15-9-25(10-16-48)8-14-47-17-11-26(12-18-47)29-4-3-28(21-34(29)41)44-36-5-6-38(49)45-39(36)50/h3-4,7,13,19-23,25-26,36,44H,5-6,8-12,14-18,24H2,1-2H3,(H,45,49,50). The van der Waals surface area contributed by atoms with Gasteiger partial charge in [-0.15, -0.1) is 0 Å². The Morgan fingerprint density at radius 1 is 0.981 bits per heavy atom.